The van der Waals surface area contributed by atoms with E-state index in [1.807, 2.05) is 0 Å². The van der Waals surface area contributed by atoms with Gasteiger partial charge in [0.25, 0.3) is 0 Å². The number of hydrogen-bond acceptors (Lipinski definition) is 3. The van der Waals surface area contributed by atoms with Crippen LogP contribution in [0.1, 0.15) is 61.8 Å². The van der Waals surface area contributed by atoms with Crippen molar-refractivity contribution in [1.29, 1.82) is 0 Å². The molecule has 0 bridgehead atoms. The summed E-state index contributed by atoms with van der Waals surface area (Å²) in [5.41, 5.74) is 0.117. The molecule has 0 aromatic rings. The summed E-state index contributed by atoms with van der Waals surface area (Å²) in [4.78, 5) is 0. The van der Waals surface area contributed by atoms with Gasteiger partial charge in [-0.05, 0) is 66.3 Å². The molecule has 0 aromatic carbocycles. The van der Waals surface area contributed by atoms with E-state index in [4.69, 9.17) is 0 Å². The lowest BCUT2D eigenvalue weighted by Gasteiger charge is -2.27. The first-order valence-corrected chi connectivity index (χ1v) is 8.89. The van der Waals surface area contributed by atoms with Crippen molar-refractivity contribution in [2.45, 2.75) is 72.1 Å². The maximum Gasteiger partial charge on any atom is 0.155 e. The van der Waals surface area contributed by atoms with Crippen molar-refractivity contribution in [2.75, 3.05) is 12.3 Å². The lowest BCUT2D eigenvalue weighted by molar-refractivity contribution is 0.313. The van der Waals surface area contributed by atoms with E-state index >= 15 is 0 Å². The minimum Gasteiger partial charge on any atom is -0.312 e. The van der Waals surface area contributed by atoms with Crippen LogP contribution in [0.15, 0.2) is 0 Å². The van der Waals surface area contributed by atoms with Crippen molar-refractivity contribution in [1.82, 2.24) is 5.32 Å². The maximum atomic E-state index is 12.1. The fourth-order valence-corrected chi connectivity index (χ4v) is 2.89. The Hall–Kier alpha value is -0.0900. The number of hydrogen-bond donors (Lipinski definition) is 1. The van der Waals surface area contributed by atoms with Gasteiger partial charge in [0.05, 0.1) is 10.5 Å². The highest BCUT2D eigenvalue weighted by Crippen LogP contribution is 2.21. The molecule has 0 aliphatic rings. The molecule has 116 valence electrons. The van der Waals surface area contributed by atoms with Crippen LogP contribution in [0.2, 0.25) is 0 Å². The molecule has 1 N–H and O–H groups in total. The monoisotopic (exact) mass is 291 g/mol. The SMILES string of the molecule is CC(CCS(=O)(=O)C(C)(C)C)C(C)CNC(C)(C)C. The summed E-state index contributed by atoms with van der Waals surface area (Å²) in [7, 11) is -2.99. The van der Waals surface area contributed by atoms with Crippen LogP contribution in [0.25, 0.3) is 0 Å². The third kappa shape index (κ3) is 7.31. The van der Waals surface area contributed by atoms with Gasteiger partial charge in [-0.1, -0.05) is 13.8 Å². The van der Waals surface area contributed by atoms with Crippen LogP contribution in [0, 0.1) is 11.8 Å². The summed E-state index contributed by atoms with van der Waals surface area (Å²) in [5, 5.41) is 3.48. The average Bonchev–Trinajstić information content (AvgIpc) is 2.19. The van der Waals surface area contributed by atoms with Crippen LogP contribution in [-0.4, -0.2) is 31.0 Å². The van der Waals surface area contributed by atoms with Gasteiger partial charge < -0.3 is 5.32 Å². The standard InChI is InChI=1S/C15H33NO2S/c1-12(13(2)11-16-14(3,4)5)9-10-19(17,18)15(6,7)8/h12-13,16H,9-11H2,1-8H3. The van der Waals surface area contributed by atoms with Crippen LogP contribution >= 0.6 is 0 Å². The minimum absolute atomic E-state index is 0.117. The van der Waals surface area contributed by atoms with Crippen molar-refractivity contribution in [3.63, 3.8) is 0 Å². The van der Waals surface area contributed by atoms with E-state index in [0.29, 0.717) is 11.8 Å². The summed E-state index contributed by atoms with van der Waals surface area (Å²) in [6.45, 7) is 17.0. The third-order valence-electron chi connectivity index (χ3n) is 3.70. The summed E-state index contributed by atoms with van der Waals surface area (Å²) in [6.07, 6.45) is 0.743. The molecule has 0 aromatic heterocycles. The predicted molar refractivity (Wildman–Crippen MR) is 84.2 cm³/mol. The molecule has 2 atom stereocenters. The molecule has 0 saturated heterocycles. The van der Waals surface area contributed by atoms with E-state index in [1.165, 1.54) is 0 Å². The molecule has 0 amide bonds. The first kappa shape index (κ1) is 18.9. The van der Waals surface area contributed by atoms with Gasteiger partial charge in [-0.15, -0.1) is 0 Å². The zero-order valence-corrected chi connectivity index (χ0v) is 14.8. The lowest BCUT2D eigenvalue weighted by atomic mass is 9.92. The summed E-state index contributed by atoms with van der Waals surface area (Å²) >= 11 is 0. The molecule has 0 aliphatic heterocycles. The Balaban J connectivity index is 4.29. The zero-order chi connectivity index (χ0) is 15.5. The molecule has 0 spiro atoms. The van der Waals surface area contributed by atoms with Gasteiger partial charge in [0.2, 0.25) is 0 Å². The van der Waals surface area contributed by atoms with Crippen molar-refractivity contribution in [3.05, 3.63) is 0 Å². The summed E-state index contributed by atoms with van der Waals surface area (Å²) < 4.78 is 23.5. The minimum atomic E-state index is -2.99. The Morgan fingerprint density at radius 2 is 1.42 bits per heavy atom. The second-order valence-electron chi connectivity index (χ2n) is 7.81. The largest absolute Gasteiger partial charge is 0.312 e. The Bertz CT molecular complexity index is 361. The van der Waals surface area contributed by atoms with Crippen LogP contribution in [0.3, 0.4) is 0 Å². The van der Waals surface area contributed by atoms with E-state index in [1.54, 1.807) is 20.8 Å². The van der Waals surface area contributed by atoms with Crippen LogP contribution in [0.5, 0.6) is 0 Å². The van der Waals surface area contributed by atoms with Gasteiger partial charge in [-0.25, -0.2) is 8.42 Å². The molecular formula is C15H33NO2S. The highest BCUT2D eigenvalue weighted by Gasteiger charge is 2.29. The highest BCUT2D eigenvalue weighted by molar-refractivity contribution is 7.92. The molecule has 2 unspecified atom stereocenters. The van der Waals surface area contributed by atoms with Gasteiger partial charge in [0.1, 0.15) is 0 Å². The Kier molecular flexibility index (Phi) is 6.54. The van der Waals surface area contributed by atoms with Crippen molar-refractivity contribution in [2.24, 2.45) is 11.8 Å². The fraction of sp³-hybridized carbons (Fsp3) is 1.00. The van der Waals surface area contributed by atoms with Crippen LogP contribution in [-0.2, 0) is 9.84 Å². The van der Waals surface area contributed by atoms with E-state index in [9.17, 15) is 8.42 Å². The molecule has 19 heavy (non-hydrogen) atoms. The molecule has 0 rings (SSSR count). The van der Waals surface area contributed by atoms with Gasteiger partial charge in [0, 0.05) is 5.54 Å². The molecule has 0 heterocycles. The van der Waals surface area contributed by atoms with Gasteiger partial charge in [0.15, 0.2) is 9.84 Å². The third-order valence-corrected chi connectivity index (χ3v) is 6.34. The second kappa shape index (κ2) is 6.57. The van der Waals surface area contributed by atoms with E-state index in [2.05, 4.69) is 39.9 Å². The molecule has 3 nitrogen and oxygen atoms in total. The predicted octanol–water partition coefficient (Wildman–Crippen LogP) is 3.25. The molecule has 0 fully saturated rings. The molecule has 4 heteroatoms. The number of rotatable bonds is 6. The van der Waals surface area contributed by atoms with E-state index in [-0.39, 0.29) is 11.3 Å². The quantitative estimate of drug-likeness (QED) is 0.817. The van der Waals surface area contributed by atoms with Crippen molar-refractivity contribution in [3.8, 4) is 0 Å². The first-order valence-electron chi connectivity index (χ1n) is 7.23. The molecular weight excluding hydrogens is 258 g/mol. The van der Waals surface area contributed by atoms with Crippen LogP contribution < -0.4 is 5.32 Å². The first-order chi connectivity index (χ1) is 8.26. The zero-order valence-electron chi connectivity index (χ0n) is 14.0. The van der Waals surface area contributed by atoms with Crippen molar-refractivity contribution < 1.29 is 8.42 Å². The Labute approximate surface area is 120 Å². The van der Waals surface area contributed by atoms with Gasteiger partial charge in [-0.2, -0.15) is 0 Å². The van der Waals surface area contributed by atoms with Gasteiger partial charge >= 0.3 is 0 Å². The van der Waals surface area contributed by atoms with E-state index in [0.717, 1.165) is 13.0 Å². The fourth-order valence-electron chi connectivity index (χ4n) is 1.60. The molecule has 0 saturated carbocycles. The second-order valence-corrected chi connectivity index (χ2v) is 10.7. The van der Waals surface area contributed by atoms with Crippen molar-refractivity contribution >= 4 is 9.84 Å². The lowest BCUT2D eigenvalue weighted by Crippen LogP contribution is -2.40. The summed E-state index contributed by atoms with van der Waals surface area (Å²) in [5.74, 6) is 1.18. The van der Waals surface area contributed by atoms with E-state index < -0.39 is 14.6 Å². The van der Waals surface area contributed by atoms with Gasteiger partial charge in [-0.3, -0.25) is 0 Å². The number of sulfone groups is 1. The summed E-state index contributed by atoms with van der Waals surface area (Å²) in [6, 6.07) is 0. The smallest absolute Gasteiger partial charge is 0.155 e. The average molecular weight is 292 g/mol. The highest BCUT2D eigenvalue weighted by atomic mass is 32.2. The Morgan fingerprint density at radius 3 is 1.79 bits per heavy atom. The maximum absolute atomic E-state index is 12.1. The topological polar surface area (TPSA) is 46.2 Å². The molecule has 0 radical (unpaired) electrons. The number of nitrogens with one attached hydrogen (secondary N) is 1. The Morgan fingerprint density at radius 1 is 0.947 bits per heavy atom. The molecule has 0 aliphatic carbocycles. The normalized spacial score (nSPS) is 17.3. The van der Waals surface area contributed by atoms with Crippen LogP contribution in [0.4, 0.5) is 0 Å².